The van der Waals surface area contributed by atoms with Crippen molar-refractivity contribution in [1.82, 2.24) is 15.0 Å². The molecule has 1 N–H and O–H groups in total. The fourth-order valence-corrected chi connectivity index (χ4v) is 4.30. The predicted octanol–water partition coefficient (Wildman–Crippen LogP) is 5.18. The summed E-state index contributed by atoms with van der Waals surface area (Å²) in [5.41, 5.74) is 7.31. The standard InChI is InChI=1S/C24H24N4/c1-2-13-28-16-20(14-19-5-3-4-6-23(19)28)24-26-21-8-7-18(15-22(21)27-24)17-9-11-25-12-10-17/h3-12,15,20H,2,13-14,16H2,1H3,(H,26,27). The molecule has 3 heterocycles. The van der Waals surface area contributed by atoms with Gasteiger partial charge >= 0.3 is 0 Å². The van der Waals surface area contributed by atoms with Crippen LogP contribution in [-0.4, -0.2) is 28.0 Å². The number of fused-ring (bicyclic) bond motifs is 2. The van der Waals surface area contributed by atoms with E-state index >= 15 is 0 Å². The third-order valence-corrected chi connectivity index (χ3v) is 5.63. The summed E-state index contributed by atoms with van der Waals surface area (Å²) >= 11 is 0. The van der Waals surface area contributed by atoms with Gasteiger partial charge in [-0.05, 0) is 59.9 Å². The molecule has 4 heteroatoms. The maximum absolute atomic E-state index is 4.94. The first-order chi connectivity index (χ1) is 13.8. The lowest BCUT2D eigenvalue weighted by Gasteiger charge is -2.35. The Morgan fingerprint density at radius 3 is 2.75 bits per heavy atom. The van der Waals surface area contributed by atoms with E-state index < -0.39 is 0 Å². The number of para-hydroxylation sites is 1. The summed E-state index contributed by atoms with van der Waals surface area (Å²) < 4.78 is 0. The van der Waals surface area contributed by atoms with Crippen molar-refractivity contribution in [2.24, 2.45) is 0 Å². The van der Waals surface area contributed by atoms with Crippen LogP contribution in [0.1, 0.15) is 30.7 Å². The van der Waals surface area contributed by atoms with Crippen LogP contribution in [-0.2, 0) is 6.42 Å². The SMILES string of the molecule is CCCN1CC(c2nc3ccc(-c4ccncc4)cc3[nH]2)Cc2ccccc21. The molecule has 1 aliphatic heterocycles. The highest BCUT2D eigenvalue weighted by Gasteiger charge is 2.27. The Morgan fingerprint density at radius 1 is 1.04 bits per heavy atom. The molecule has 1 unspecified atom stereocenters. The quantitative estimate of drug-likeness (QED) is 0.540. The molecular formula is C24H24N4. The molecule has 28 heavy (non-hydrogen) atoms. The van der Waals surface area contributed by atoms with Crippen LogP contribution in [0.3, 0.4) is 0 Å². The van der Waals surface area contributed by atoms with Crippen molar-refractivity contribution in [1.29, 1.82) is 0 Å². The minimum Gasteiger partial charge on any atom is -0.371 e. The van der Waals surface area contributed by atoms with E-state index in [-0.39, 0.29) is 0 Å². The summed E-state index contributed by atoms with van der Waals surface area (Å²) in [5, 5.41) is 0. The summed E-state index contributed by atoms with van der Waals surface area (Å²) in [6.45, 7) is 4.34. The normalized spacial score (nSPS) is 16.3. The number of aromatic nitrogens is 3. The van der Waals surface area contributed by atoms with Gasteiger partial charge in [-0.2, -0.15) is 0 Å². The predicted molar refractivity (Wildman–Crippen MR) is 115 cm³/mol. The molecule has 4 aromatic rings. The first kappa shape index (κ1) is 17.0. The van der Waals surface area contributed by atoms with Gasteiger partial charge in [-0.3, -0.25) is 4.98 Å². The number of H-pyrrole nitrogens is 1. The maximum Gasteiger partial charge on any atom is 0.112 e. The van der Waals surface area contributed by atoms with Gasteiger partial charge in [0.05, 0.1) is 11.0 Å². The highest BCUT2D eigenvalue weighted by atomic mass is 15.1. The van der Waals surface area contributed by atoms with Gasteiger partial charge in [0.1, 0.15) is 5.82 Å². The number of benzene rings is 2. The smallest absolute Gasteiger partial charge is 0.112 e. The molecule has 4 nitrogen and oxygen atoms in total. The number of hydrogen-bond acceptors (Lipinski definition) is 3. The summed E-state index contributed by atoms with van der Waals surface area (Å²) in [7, 11) is 0. The highest BCUT2D eigenvalue weighted by Crippen LogP contribution is 2.34. The van der Waals surface area contributed by atoms with Crippen LogP contribution < -0.4 is 4.90 Å². The maximum atomic E-state index is 4.94. The third-order valence-electron chi connectivity index (χ3n) is 5.63. The van der Waals surface area contributed by atoms with E-state index in [0.29, 0.717) is 5.92 Å². The van der Waals surface area contributed by atoms with Crippen LogP contribution in [0.5, 0.6) is 0 Å². The van der Waals surface area contributed by atoms with Crippen molar-refractivity contribution in [3.63, 3.8) is 0 Å². The molecule has 5 rings (SSSR count). The number of pyridine rings is 1. The monoisotopic (exact) mass is 368 g/mol. The van der Waals surface area contributed by atoms with Crippen LogP contribution in [0.25, 0.3) is 22.2 Å². The van der Waals surface area contributed by atoms with Crippen LogP contribution in [0.15, 0.2) is 67.0 Å². The first-order valence-electron chi connectivity index (χ1n) is 10.0. The zero-order chi connectivity index (χ0) is 18.9. The van der Waals surface area contributed by atoms with Gasteiger partial charge < -0.3 is 9.88 Å². The molecule has 0 amide bonds. The van der Waals surface area contributed by atoms with Crippen molar-refractivity contribution < 1.29 is 0 Å². The summed E-state index contributed by atoms with van der Waals surface area (Å²) in [6.07, 6.45) is 5.85. The molecule has 1 aliphatic rings. The molecule has 1 atom stereocenters. The van der Waals surface area contributed by atoms with Gasteiger partial charge in [-0.1, -0.05) is 31.2 Å². The van der Waals surface area contributed by atoms with E-state index in [1.807, 2.05) is 24.5 Å². The molecular weight excluding hydrogens is 344 g/mol. The van der Waals surface area contributed by atoms with Crippen LogP contribution in [0.2, 0.25) is 0 Å². The van der Waals surface area contributed by atoms with E-state index in [9.17, 15) is 0 Å². The molecule has 2 aromatic carbocycles. The highest BCUT2D eigenvalue weighted by molar-refractivity contribution is 5.82. The van der Waals surface area contributed by atoms with Crippen molar-refractivity contribution in [2.75, 3.05) is 18.0 Å². The average Bonchev–Trinajstić information content (AvgIpc) is 3.18. The van der Waals surface area contributed by atoms with E-state index in [4.69, 9.17) is 4.98 Å². The van der Waals surface area contributed by atoms with Crippen molar-refractivity contribution in [3.8, 4) is 11.1 Å². The lowest BCUT2D eigenvalue weighted by molar-refractivity contribution is 0.583. The molecule has 0 aliphatic carbocycles. The second-order valence-corrected chi connectivity index (χ2v) is 7.57. The number of anilines is 1. The number of nitrogens with one attached hydrogen (secondary N) is 1. The Balaban J connectivity index is 1.49. The number of rotatable bonds is 4. The number of hydrogen-bond donors (Lipinski definition) is 1. The number of imidazole rings is 1. The molecule has 0 radical (unpaired) electrons. The Kier molecular flexibility index (Phi) is 4.32. The summed E-state index contributed by atoms with van der Waals surface area (Å²) in [6, 6.07) is 19.3. The topological polar surface area (TPSA) is 44.8 Å². The fourth-order valence-electron chi connectivity index (χ4n) is 4.30. The Bertz CT molecular complexity index is 1100. The molecule has 0 saturated heterocycles. The molecule has 140 valence electrons. The zero-order valence-corrected chi connectivity index (χ0v) is 16.1. The van der Waals surface area contributed by atoms with E-state index in [0.717, 1.165) is 42.8 Å². The van der Waals surface area contributed by atoms with Gasteiger partial charge in [0.2, 0.25) is 0 Å². The molecule has 0 bridgehead atoms. The Hall–Kier alpha value is -3.14. The van der Waals surface area contributed by atoms with E-state index in [1.54, 1.807) is 0 Å². The number of aromatic amines is 1. The first-order valence-corrected chi connectivity index (χ1v) is 10.0. The van der Waals surface area contributed by atoms with Crippen molar-refractivity contribution in [3.05, 3.63) is 78.4 Å². The van der Waals surface area contributed by atoms with Gasteiger partial charge in [0, 0.05) is 37.1 Å². The molecule has 2 aromatic heterocycles. The second-order valence-electron chi connectivity index (χ2n) is 7.57. The number of nitrogens with zero attached hydrogens (tertiary/aromatic N) is 3. The lowest BCUT2D eigenvalue weighted by atomic mass is 9.92. The van der Waals surface area contributed by atoms with Gasteiger partial charge in [0.25, 0.3) is 0 Å². The van der Waals surface area contributed by atoms with Gasteiger partial charge in [-0.25, -0.2) is 4.98 Å². The summed E-state index contributed by atoms with van der Waals surface area (Å²) in [5.74, 6) is 1.48. The van der Waals surface area contributed by atoms with E-state index in [2.05, 4.69) is 64.3 Å². The van der Waals surface area contributed by atoms with Gasteiger partial charge in [-0.15, -0.1) is 0 Å². The van der Waals surface area contributed by atoms with Crippen LogP contribution in [0, 0.1) is 0 Å². The van der Waals surface area contributed by atoms with Crippen molar-refractivity contribution >= 4 is 16.7 Å². The minimum absolute atomic E-state index is 0.387. The Morgan fingerprint density at radius 2 is 1.89 bits per heavy atom. The molecule has 0 saturated carbocycles. The van der Waals surface area contributed by atoms with Gasteiger partial charge in [0.15, 0.2) is 0 Å². The zero-order valence-electron chi connectivity index (χ0n) is 16.1. The van der Waals surface area contributed by atoms with Crippen molar-refractivity contribution in [2.45, 2.75) is 25.7 Å². The van der Waals surface area contributed by atoms with Crippen LogP contribution >= 0.6 is 0 Å². The Labute approximate surface area is 165 Å². The average molecular weight is 368 g/mol. The van der Waals surface area contributed by atoms with E-state index in [1.165, 1.54) is 22.4 Å². The lowest BCUT2D eigenvalue weighted by Crippen LogP contribution is -2.35. The minimum atomic E-state index is 0.387. The molecule has 0 spiro atoms. The molecule has 0 fully saturated rings. The second kappa shape index (κ2) is 7.12. The van der Waals surface area contributed by atoms with Crippen LogP contribution in [0.4, 0.5) is 5.69 Å². The largest absolute Gasteiger partial charge is 0.371 e. The summed E-state index contributed by atoms with van der Waals surface area (Å²) in [4.78, 5) is 15.2. The fraction of sp³-hybridized carbons (Fsp3) is 0.250. The third kappa shape index (κ3) is 3.05.